The molecule has 88 valence electrons. The van der Waals surface area contributed by atoms with Crippen molar-refractivity contribution in [2.45, 2.75) is 32.7 Å². The van der Waals surface area contributed by atoms with Crippen molar-refractivity contribution < 1.29 is 0 Å². The maximum atomic E-state index is 5.69. The molecule has 4 heteroatoms. The fourth-order valence-electron chi connectivity index (χ4n) is 1.97. The molecule has 0 radical (unpaired) electrons. The quantitative estimate of drug-likeness (QED) is 0.896. The lowest BCUT2D eigenvalue weighted by Gasteiger charge is -2.15. The van der Waals surface area contributed by atoms with Gasteiger partial charge in [0, 0.05) is 23.0 Å². The predicted molar refractivity (Wildman–Crippen MR) is 70.0 cm³/mol. The second kappa shape index (κ2) is 5.30. The van der Waals surface area contributed by atoms with E-state index in [2.05, 4.69) is 23.8 Å². The van der Waals surface area contributed by atoms with Gasteiger partial charge in [0.15, 0.2) is 0 Å². The van der Waals surface area contributed by atoms with E-state index < -0.39 is 0 Å². The summed E-state index contributed by atoms with van der Waals surface area (Å²) in [6, 6.07) is 0. The molecule has 1 aliphatic carbocycles. The van der Waals surface area contributed by atoms with Crippen molar-refractivity contribution >= 4 is 22.9 Å². The minimum atomic E-state index is 0.648. The maximum absolute atomic E-state index is 5.69. The lowest BCUT2D eigenvalue weighted by atomic mass is 9.93. The first-order valence-electron chi connectivity index (χ1n) is 5.66. The van der Waals surface area contributed by atoms with Crippen LogP contribution in [0.4, 0.5) is 0 Å². The Bertz CT molecular complexity index is 386. The minimum Gasteiger partial charge on any atom is -0.305 e. The van der Waals surface area contributed by atoms with Gasteiger partial charge in [-0.2, -0.15) is 0 Å². The topological polar surface area (TPSA) is 24.9 Å². The average molecular weight is 257 g/mol. The summed E-state index contributed by atoms with van der Waals surface area (Å²) in [6.07, 6.45) is 3.63. The van der Waals surface area contributed by atoms with Gasteiger partial charge in [0.2, 0.25) is 0 Å². The molecule has 0 amide bonds. The van der Waals surface area contributed by atoms with Gasteiger partial charge in [0.25, 0.3) is 0 Å². The summed E-state index contributed by atoms with van der Waals surface area (Å²) in [5, 5.41) is 5.06. The molecule has 1 heterocycles. The molecular weight excluding hydrogens is 240 g/mol. The lowest BCUT2D eigenvalue weighted by molar-refractivity contribution is 0.501. The number of rotatable bonds is 4. The van der Waals surface area contributed by atoms with E-state index in [4.69, 9.17) is 11.6 Å². The third-order valence-electron chi connectivity index (χ3n) is 2.82. The normalized spacial score (nSPS) is 19.5. The Balaban J connectivity index is 1.94. The zero-order valence-electron chi connectivity index (χ0n) is 9.55. The highest BCUT2D eigenvalue weighted by Crippen LogP contribution is 2.29. The Kier molecular flexibility index (Phi) is 4.00. The van der Waals surface area contributed by atoms with E-state index in [1.807, 2.05) is 11.3 Å². The van der Waals surface area contributed by atoms with Crippen LogP contribution in [0.1, 0.15) is 28.9 Å². The van der Waals surface area contributed by atoms with E-state index in [1.165, 1.54) is 28.4 Å². The van der Waals surface area contributed by atoms with E-state index in [1.54, 1.807) is 0 Å². The molecule has 16 heavy (non-hydrogen) atoms. The number of hydrogen-bond donors (Lipinski definition) is 1. The molecule has 0 spiro atoms. The smallest absolute Gasteiger partial charge is 0.107 e. The van der Waals surface area contributed by atoms with Crippen molar-refractivity contribution in [2.75, 3.05) is 6.54 Å². The van der Waals surface area contributed by atoms with Crippen LogP contribution in [0.3, 0.4) is 0 Å². The summed E-state index contributed by atoms with van der Waals surface area (Å²) in [7, 11) is 0. The molecule has 1 unspecified atom stereocenters. The Morgan fingerprint density at radius 3 is 3.25 bits per heavy atom. The van der Waals surface area contributed by atoms with Crippen molar-refractivity contribution in [3.8, 4) is 0 Å². The van der Waals surface area contributed by atoms with Crippen LogP contribution < -0.4 is 5.32 Å². The van der Waals surface area contributed by atoms with E-state index in [-0.39, 0.29) is 0 Å². The monoisotopic (exact) mass is 256 g/mol. The van der Waals surface area contributed by atoms with Gasteiger partial charge in [-0.3, -0.25) is 0 Å². The third kappa shape index (κ3) is 3.06. The Hall–Kier alpha value is -0.380. The maximum Gasteiger partial charge on any atom is 0.107 e. The molecule has 1 aromatic heterocycles. The van der Waals surface area contributed by atoms with Crippen LogP contribution >= 0.6 is 22.9 Å². The average Bonchev–Trinajstić information content (AvgIpc) is 2.58. The molecule has 2 rings (SSSR count). The zero-order valence-corrected chi connectivity index (χ0v) is 11.1. The molecule has 1 N–H and O–H groups in total. The molecular formula is C12H17ClN2S. The Morgan fingerprint density at radius 2 is 2.50 bits per heavy atom. The molecule has 1 aromatic rings. The van der Waals surface area contributed by atoms with Crippen LogP contribution in [0.5, 0.6) is 0 Å². The number of fused-ring (bicyclic) bond motifs is 1. The first-order valence-corrected chi connectivity index (χ1v) is 6.86. The summed E-state index contributed by atoms with van der Waals surface area (Å²) >= 11 is 7.53. The first kappa shape index (κ1) is 12.1. The second-order valence-electron chi connectivity index (χ2n) is 4.45. The van der Waals surface area contributed by atoms with Crippen LogP contribution in [0.2, 0.25) is 0 Å². The SMILES string of the molecule is C=C(Cl)CNCc1nc2c(s1)CC(C)CC2. The van der Waals surface area contributed by atoms with E-state index in [0.717, 1.165) is 18.9 Å². The fraction of sp³-hybridized carbons (Fsp3) is 0.583. The highest BCUT2D eigenvalue weighted by Gasteiger charge is 2.19. The Labute approximate surface area is 106 Å². The van der Waals surface area contributed by atoms with Gasteiger partial charge < -0.3 is 5.32 Å². The summed E-state index contributed by atoms with van der Waals surface area (Å²) < 4.78 is 0. The molecule has 0 fully saturated rings. The second-order valence-corrected chi connectivity index (χ2v) is 6.15. The van der Waals surface area contributed by atoms with Gasteiger partial charge in [-0.05, 0) is 25.2 Å². The Morgan fingerprint density at radius 1 is 1.69 bits per heavy atom. The number of thiazole rings is 1. The number of nitrogens with zero attached hydrogens (tertiary/aromatic N) is 1. The van der Waals surface area contributed by atoms with Gasteiger partial charge in [-0.25, -0.2) is 4.98 Å². The minimum absolute atomic E-state index is 0.648. The highest BCUT2D eigenvalue weighted by molar-refractivity contribution is 7.11. The van der Waals surface area contributed by atoms with Gasteiger partial charge in [0.05, 0.1) is 5.69 Å². The van der Waals surface area contributed by atoms with Crippen molar-refractivity contribution in [1.29, 1.82) is 0 Å². The largest absolute Gasteiger partial charge is 0.305 e. The fourth-order valence-corrected chi connectivity index (χ4v) is 3.32. The molecule has 1 atom stereocenters. The van der Waals surface area contributed by atoms with Crippen LogP contribution in [0.15, 0.2) is 11.6 Å². The molecule has 0 saturated heterocycles. The van der Waals surface area contributed by atoms with Crippen LogP contribution in [0, 0.1) is 5.92 Å². The molecule has 2 nitrogen and oxygen atoms in total. The standard InChI is InChI=1S/C12H17ClN2S/c1-8-3-4-10-11(5-8)16-12(15-10)7-14-6-9(2)13/h8,14H,2-7H2,1H3. The van der Waals surface area contributed by atoms with Crippen LogP contribution in [-0.4, -0.2) is 11.5 Å². The summed E-state index contributed by atoms with van der Waals surface area (Å²) in [5.41, 5.74) is 1.32. The van der Waals surface area contributed by atoms with Crippen molar-refractivity contribution in [1.82, 2.24) is 10.3 Å². The molecule has 0 saturated carbocycles. The van der Waals surface area contributed by atoms with Crippen molar-refractivity contribution in [3.63, 3.8) is 0 Å². The van der Waals surface area contributed by atoms with Gasteiger partial charge >= 0.3 is 0 Å². The van der Waals surface area contributed by atoms with Crippen LogP contribution in [0.25, 0.3) is 0 Å². The number of nitrogens with one attached hydrogen (secondary N) is 1. The number of aryl methyl sites for hydroxylation is 1. The number of halogens is 1. The first-order chi connectivity index (χ1) is 7.65. The van der Waals surface area contributed by atoms with E-state index in [9.17, 15) is 0 Å². The molecule has 0 aliphatic heterocycles. The van der Waals surface area contributed by atoms with Crippen molar-refractivity contribution in [3.05, 3.63) is 27.2 Å². The number of aromatic nitrogens is 1. The van der Waals surface area contributed by atoms with E-state index >= 15 is 0 Å². The van der Waals surface area contributed by atoms with Gasteiger partial charge in [-0.15, -0.1) is 11.3 Å². The van der Waals surface area contributed by atoms with Crippen LogP contribution in [-0.2, 0) is 19.4 Å². The summed E-state index contributed by atoms with van der Waals surface area (Å²) in [6.45, 7) is 7.42. The molecule has 0 aromatic carbocycles. The third-order valence-corrected chi connectivity index (χ3v) is 4.08. The summed E-state index contributed by atoms with van der Waals surface area (Å²) in [5.74, 6) is 0.816. The lowest BCUT2D eigenvalue weighted by Crippen LogP contribution is -2.14. The molecule has 0 bridgehead atoms. The zero-order chi connectivity index (χ0) is 11.5. The van der Waals surface area contributed by atoms with Gasteiger partial charge in [-0.1, -0.05) is 25.1 Å². The van der Waals surface area contributed by atoms with E-state index in [0.29, 0.717) is 11.6 Å². The molecule has 1 aliphatic rings. The number of hydrogen-bond acceptors (Lipinski definition) is 3. The summed E-state index contributed by atoms with van der Waals surface area (Å²) in [4.78, 5) is 6.15. The highest BCUT2D eigenvalue weighted by atomic mass is 35.5. The van der Waals surface area contributed by atoms with Crippen molar-refractivity contribution in [2.24, 2.45) is 5.92 Å². The predicted octanol–water partition coefficient (Wildman–Crippen LogP) is 3.11. The van der Waals surface area contributed by atoms with Gasteiger partial charge in [0.1, 0.15) is 5.01 Å².